The number of urea groups is 1. The van der Waals surface area contributed by atoms with E-state index in [0.29, 0.717) is 13.2 Å². The fourth-order valence-corrected chi connectivity index (χ4v) is 2.69. The summed E-state index contributed by atoms with van der Waals surface area (Å²) < 4.78 is 5.72. The van der Waals surface area contributed by atoms with Crippen LogP contribution in [0.4, 0.5) is 10.5 Å². The number of thiazole rings is 1. The number of benzene rings is 1. The Bertz CT molecular complexity index is 598. The minimum absolute atomic E-state index is 0.250. The van der Waals surface area contributed by atoms with Crippen LogP contribution in [-0.4, -0.2) is 42.2 Å². The van der Waals surface area contributed by atoms with E-state index in [4.69, 9.17) is 4.74 Å². The molecule has 0 saturated carbocycles. The first-order valence-corrected chi connectivity index (χ1v) is 8.97. The van der Waals surface area contributed by atoms with E-state index in [1.54, 1.807) is 6.20 Å². The van der Waals surface area contributed by atoms with Gasteiger partial charge in [-0.15, -0.1) is 11.3 Å². The number of rotatable bonds is 9. The Hall–Kier alpha value is -2.12. The normalized spacial score (nSPS) is 10.6. The Morgan fingerprint density at radius 1 is 1.25 bits per heavy atom. The summed E-state index contributed by atoms with van der Waals surface area (Å²) >= 11 is 1.51. The van der Waals surface area contributed by atoms with Gasteiger partial charge in [0.15, 0.2) is 0 Å². The maximum absolute atomic E-state index is 11.8. The minimum Gasteiger partial charge on any atom is -0.492 e. The second kappa shape index (κ2) is 9.89. The molecule has 7 heteroatoms. The van der Waals surface area contributed by atoms with Gasteiger partial charge in [-0.1, -0.05) is 13.8 Å². The summed E-state index contributed by atoms with van der Waals surface area (Å²) in [4.78, 5) is 18.2. The number of amides is 2. The number of likely N-dealkylation sites (N-methyl/N-ethyl adjacent to an activating group) is 1. The molecule has 0 unspecified atom stereocenters. The second-order valence-corrected chi connectivity index (χ2v) is 6.11. The van der Waals surface area contributed by atoms with Crippen LogP contribution in [0.3, 0.4) is 0 Å². The van der Waals surface area contributed by atoms with Crippen LogP contribution in [0.25, 0.3) is 0 Å². The van der Waals surface area contributed by atoms with Crippen molar-refractivity contribution in [2.24, 2.45) is 0 Å². The van der Waals surface area contributed by atoms with Crippen LogP contribution < -0.4 is 15.4 Å². The van der Waals surface area contributed by atoms with Crippen molar-refractivity contribution in [2.75, 3.05) is 31.6 Å². The van der Waals surface area contributed by atoms with E-state index in [2.05, 4.69) is 34.4 Å². The predicted octanol–water partition coefficient (Wildman–Crippen LogP) is 3.19. The van der Waals surface area contributed by atoms with Gasteiger partial charge >= 0.3 is 6.03 Å². The standard InChI is InChI=1S/C17H24N4O2S/c1-3-21(4-2)10-11-23-15-7-5-14(6-8-15)20-17(22)19-13-16-18-9-12-24-16/h5-9,12H,3-4,10-11,13H2,1-2H3,(H2,19,20,22). The largest absolute Gasteiger partial charge is 0.492 e. The number of anilines is 1. The summed E-state index contributed by atoms with van der Waals surface area (Å²) in [7, 11) is 0. The van der Waals surface area contributed by atoms with Gasteiger partial charge in [0.1, 0.15) is 17.4 Å². The highest BCUT2D eigenvalue weighted by Crippen LogP contribution is 2.15. The highest BCUT2D eigenvalue weighted by Gasteiger charge is 2.04. The van der Waals surface area contributed by atoms with Crippen LogP contribution in [0.1, 0.15) is 18.9 Å². The van der Waals surface area contributed by atoms with E-state index in [1.807, 2.05) is 29.6 Å². The second-order valence-electron chi connectivity index (χ2n) is 5.13. The SMILES string of the molecule is CCN(CC)CCOc1ccc(NC(=O)NCc2nccs2)cc1. The van der Waals surface area contributed by atoms with Crippen molar-refractivity contribution in [1.29, 1.82) is 0 Å². The van der Waals surface area contributed by atoms with Crippen molar-refractivity contribution in [2.45, 2.75) is 20.4 Å². The van der Waals surface area contributed by atoms with Crippen molar-refractivity contribution >= 4 is 23.1 Å². The van der Waals surface area contributed by atoms with E-state index in [0.717, 1.165) is 36.1 Å². The summed E-state index contributed by atoms with van der Waals surface area (Å²) in [6, 6.07) is 7.13. The summed E-state index contributed by atoms with van der Waals surface area (Å²) in [5.74, 6) is 0.802. The number of hydrogen-bond donors (Lipinski definition) is 2. The molecule has 130 valence electrons. The number of carbonyl (C=O) groups excluding carboxylic acids is 1. The third-order valence-electron chi connectivity index (χ3n) is 3.57. The zero-order valence-corrected chi connectivity index (χ0v) is 14.9. The maximum Gasteiger partial charge on any atom is 0.319 e. The first-order valence-electron chi connectivity index (χ1n) is 8.09. The topological polar surface area (TPSA) is 66.5 Å². The zero-order valence-electron chi connectivity index (χ0n) is 14.1. The van der Waals surface area contributed by atoms with Gasteiger partial charge in [-0.25, -0.2) is 9.78 Å². The molecule has 2 aromatic rings. The maximum atomic E-state index is 11.8. The Labute approximate surface area is 146 Å². The monoisotopic (exact) mass is 348 g/mol. The van der Waals surface area contributed by atoms with Crippen LogP contribution in [-0.2, 0) is 6.54 Å². The number of hydrogen-bond acceptors (Lipinski definition) is 5. The van der Waals surface area contributed by atoms with Crippen LogP contribution >= 0.6 is 11.3 Å². The van der Waals surface area contributed by atoms with Gasteiger partial charge in [0.25, 0.3) is 0 Å². The van der Waals surface area contributed by atoms with Gasteiger partial charge < -0.3 is 20.3 Å². The Morgan fingerprint density at radius 2 is 2.00 bits per heavy atom. The number of aromatic nitrogens is 1. The fourth-order valence-electron chi connectivity index (χ4n) is 2.14. The Morgan fingerprint density at radius 3 is 2.62 bits per heavy atom. The molecule has 0 aliphatic carbocycles. The molecule has 24 heavy (non-hydrogen) atoms. The lowest BCUT2D eigenvalue weighted by Crippen LogP contribution is -2.28. The average molecular weight is 348 g/mol. The highest BCUT2D eigenvalue weighted by atomic mass is 32.1. The first-order chi connectivity index (χ1) is 11.7. The molecular formula is C17H24N4O2S. The third-order valence-corrected chi connectivity index (χ3v) is 4.35. The van der Waals surface area contributed by atoms with Crippen LogP contribution in [0.2, 0.25) is 0 Å². The van der Waals surface area contributed by atoms with Crippen molar-refractivity contribution in [3.8, 4) is 5.75 Å². The fraction of sp³-hybridized carbons (Fsp3) is 0.412. The molecule has 0 spiro atoms. The quantitative estimate of drug-likeness (QED) is 0.730. The molecule has 1 aromatic carbocycles. The molecule has 0 saturated heterocycles. The molecule has 1 heterocycles. The molecule has 6 nitrogen and oxygen atoms in total. The van der Waals surface area contributed by atoms with Crippen LogP contribution in [0, 0.1) is 0 Å². The van der Waals surface area contributed by atoms with E-state index in [1.165, 1.54) is 11.3 Å². The molecule has 1 aromatic heterocycles. The van der Waals surface area contributed by atoms with Crippen molar-refractivity contribution in [3.63, 3.8) is 0 Å². The lowest BCUT2D eigenvalue weighted by molar-refractivity contribution is 0.223. The van der Waals surface area contributed by atoms with Crippen molar-refractivity contribution in [1.82, 2.24) is 15.2 Å². The molecule has 0 bridgehead atoms. The Kier molecular flexibility index (Phi) is 7.51. The van der Waals surface area contributed by atoms with Crippen molar-refractivity contribution < 1.29 is 9.53 Å². The molecule has 2 amide bonds. The molecule has 0 aliphatic rings. The molecule has 0 atom stereocenters. The van der Waals surface area contributed by atoms with E-state index in [-0.39, 0.29) is 6.03 Å². The summed E-state index contributed by atoms with van der Waals surface area (Å²) in [5, 5.41) is 8.32. The zero-order chi connectivity index (χ0) is 17.2. The summed E-state index contributed by atoms with van der Waals surface area (Å²) in [6.45, 7) is 8.33. The predicted molar refractivity (Wildman–Crippen MR) is 97.7 cm³/mol. The third kappa shape index (κ3) is 6.17. The molecule has 2 rings (SSSR count). The number of carbonyl (C=O) groups is 1. The van der Waals surface area contributed by atoms with Gasteiger partial charge in [-0.2, -0.15) is 0 Å². The molecule has 0 fully saturated rings. The summed E-state index contributed by atoms with van der Waals surface area (Å²) in [6.07, 6.45) is 1.72. The van der Waals surface area contributed by atoms with Crippen LogP contribution in [0.5, 0.6) is 5.75 Å². The lowest BCUT2D eigenvalue weighted by atomic mass is 10.3. The minimum atomic E-state index is -0.250. The van der Waals surface area contributed by atoms with Gasteiger partial charge in [-0.3, -0.25) is 0 Å². The van der Waals surface area contributed by atoms with E-state index < -0.39 is 0 Å². The van der Waals surface area contributed by atoms with Crippen LogP contribution in [0.15, 0.2) is 35.8 Å². The van der Waals surface area contributed by atoms with Gasteiger partial charge in [0.05, 0.1) is 6.54 Å². The van der Waals surface area contributed by atoms with Crippen molar-refractivity contribution in [3.05, 3.63) is 40.8 Å². The molecule has 0 radical (unpaired) electrons. The number of ether oxygens (including phenoxy) is 1. The van der Waals surface area contributed by atoms with E-state index in [9.17, 15) is 4.79 Å². The highest BCUT2D eigenvalue weighted by molar-refractivity contribution is 7.09. The Balaban J connectivity index is 1.72. The molecule has 2 N–H and O–H groups in total. The summed E-state index contributed by atoms with van der Waals surface area (Å²) in [5.41, 5.74) is 0.725. The van der Waals surface area contributed by atoms with E-state index >= 15 is 0 Å². The first kappa shape index (κ1) is 18.2. The van der Waals surface area contributed by atoms with Gasteiger partial charge in [0, 0.05) is 23.8 Å². The number of nitrogens with one attached hydrogen (secondary N) is 2. The lowest BCUT2D eigenvalue weighted by Gasteiger charge is -2.18. The molecular weight excluding hydrogens is 324 g/mol. The number of nitrogens with zero attached hydrogens (tertiary/aromatic N) is 2. The smallest absolute Gasteiger partial charge is 0.319 e. The average Bonchev–Trinajstić information content (AvgIpc) is 3.12. The van der Waals surface area contributed by atoms with Gasteiger partial charge in [-0.05, 0) is 37.4 Å². The van der Waals surface area contributed by atoms with Gasteiger partial charge in [0.2, 0.25) is 0 Å². The molecule has 0 aliphatic heterocycles.